The maximum atomic E-state index is 11.6. The maximum absolute atomic E-state index is 11.6. The van der Waals surface area contributed by atoms with Crippen LogP contribution in [-0.2, 0) is 9.59 Å². The fraction of sp³-hybridized carbons (Fsp3) is 0.533. The summed E-state index contributed by atoms with van der Waals surface area (Å²) in [6, 6.07) is 3.74. The molecule has 2 amide bonds. The summed E-state index contributed by atoms with van der Waals surface area (Å²) < 4.78 is 0. The Kier molecular flexibility index (Phi) is 5.71. The standard InChI is InChI=1S/C15H23N5O2/c1-12(21)19-7-9-20(10-8-19)13-4-5-14(17-11-13)18-15(22)3-2-6-16/h4-5,11H,2-3,6-10,16H2,1H3,(H,17,18,22). The minimum absolute atomic E-state index is 0.0687. The third kappa shape index (κ3) is 4.42. The Morgan fingerprint density at radius 2 is 2.00 bits per heavy atom. The molecule has 0 aromatic carbocycles. The van der Waals surface area contributed by atoms with Crippen LogP contribution in [0.4, 0.5) is 11.5 Å². The van der Waals surface area contributed by atoms with Gasteiger partial charge in [0.05, 0.1) is 11.9 Å². The highest BCUT2D eigenvalue weighted by molar-refractivity contribution is 5.89. The molecule has 0 atom stereocenters. The lowest BCUT2D eigenvalue weighted by atomic mass is 10.2. The molecule has 0 bridgehead atoms. The second kappa shape index (κ2) is 7.74. The van der Waals surface area contributed by atoms with Crippen molar-refractivity contribution in [3.63, 3.8) is 0 Å². The summed E-state index contributed by atoms with van der Waals surface area (Å²) in [6.45, 7) is 5.15. The van der Waals surface area contributed by atoms with Gasteiger partial charge < -0.3 is 20.9 Å². The monoisotopic (exact) mass is 305 g/mol. The van der Waals surface area contributed by atoms with Crippen LogP contribution in [0.25, 0.3) is 0 Å². The molecule has 1 saturated heterocycles. The molecule has 0 unspecified atom stereocenters. The fourth-order valence-electron chi connectivity index (χ4n) is 2.39. The lowest BCUT2D eigenvalue weighted by molar-refractivity contribution is -0.129. The molecule has 1 aliphatic rings. The molecule has 1 fully saturated rings. The second-order valence-corrected chi connectivity index (χ2v) is 5.34. The first-order chi connectivity index (χ1) is 10.6. The van der Waals surface area contributed by atoms with Gasteiger partial charge in [0.15, 0.2) is 0 Å². The molecule has 2 rings (SSSR count). The van der Waals surface area contributed by atoms with Gasteiger partial charge in [0.25, 0.3) is 0 Å². The van der Waals surface area contributed by atoms with Gasteiger partial charge >= 0.3 is 0 Å². The Morgan fingerprint density at radius 3 is 2.55 bits per heavy atom. The summed E-state index contributed by atoms with van der Waals surface area (Å²) in [5.41, 5.74) is 6.38. The van der Waals surface area contributed by atoms with Crippen LogP contribution < -0.4 is 16.0 Å². The Bertz CT molecular complexity index is 509. The van der Waals surface area contributed by atoms with Crippen LogP contribution in [0.5, 0.6) is 0 Å². The summed E-state index contributed by atoms with van der Waals surface area (Å²) in [4.78, 5) is 31.2. The Balaban J connectivity index is 1.87. The SMILES string of the molecule is CC(=O)N1CCN(c2ccc(NC(=O)CCCN)nc2)CC1. The number of hydrogen-bond acceptors (Lipinski definition) is 5. The zero-order chi connectivity index (χ0) is 15.9. The van der Waals surface area contributed by atoms with Gasteiger partial charge in [0.2, 0.25) is 11.8 Å². The molecule has 7 heteroatoms. The van der Waals surface area contributed by atoms with E-state index in [9.17, 15) is 9.59 Å². The quantitative estimate of drug-likeness (QED) is 0.823. The molecule has 0 spiro atoms. The number of nitrogens with zero attached hydrogens (tertiary/aromatic N) is 3. The number of nitrogens with two attached hydrogens (primary N) is 1. The number of piperazine rings is 1. The van der Waals surface area contributed by atoms with E-state index in [1.165, 1.54) is 0 Å². The average Bonchev–Trinajstić information content (AvgIpc) is 2.54. The van der Waals surface area contributed by atoms with Crippen LogP contribution in [0.2, 0.25) is 0 Å². The van der Waals surface area contributed by atoms with E-state index in [-0.39, 0.29) is 11.8 Å². The highest BCUT2D eigenvalue weighted by Crippen LogP contribution is 2.17. The first-order valence-electron chi connectivity index (χ1n) is 7.56. The van der Waals surface area contributed by atoms with Crippen LogP contribution in [0.3, 0.4) is 0 Å². The van der Waals surface area contributed by atoms with Gasteiger partial charge in [-0.3, -0.25) is 9.59 Å². The molecular weight excluding hydrogens is 282 g/mol. The Labute approximate surface area is 130 Å². The van der Waals surface area contributed by atoms with E-state index in [4.69, 9.17) is 5.73 Å². The van der Waals surface area contributed by atoms with Crippen molar-refractivity contribution in [2.24, 2.45) is 5.73 Å². The third-order valence-electron chi connectivity index (χ3n) is 3.71. The number of amides is 2. The van der Waals surface area contributed by atoms with Crippen molar-refractivity contribution in [3.8, 4) is 0 Å². The van der Waals surface area contributed by atoms with E-state index < -0.39 is 0 Å². The lowest BCUT2D eigenvalue weighted by Crippen LogP contribution is -2.48. The Hall–Kier alpha value is -2.15. The number of aromatic nitrogens is 1. The number of pyridine rings is 1. The van der Waals surface area contributed by atoms with Crippen LogP contribution in [0.1, 0.15) is 19.8 Å². The molecule has 1 aromatic heterocycles. The normalized spacial score (nSPS) is 14.8. The van der Waals surface area contributed by atoms with Crippen molar-refractivity contribution in [1.82, 2.24) is 9.88 Å². The topological polar surface area (TPSA) is 91.6 Å². The van der Waals surface area contributed by atoms with Gasteiger partial charge in [-0.1, -0.05) is 0 Å². The van der Waals surface area contributed by atoms with Crippen molar-refractivity contribution in [2.75, 3.05) is 42.9 Å². The van der Waals surface area contributed by atoms with E-state index in [1.54, 1.807) is 19.2 Å². The zero-order valence-electron chi connectivity index (χ0n) is 12.9. The van der Waals surface area contributed by atoms with E-state index in [1.807, 2.05) is 11.0 Å². The summed E-state index contributed by atoms with van der Waals surface area (Å²) >= 11 is 0. The van der Waals surface area contributed by atoms with Crippen molar-refractivity contribution < 1.29 is 9.59 Å². The molecule has 1 aliphatic heterocycles. The minimum atomic E-state index is -0.0687. The van der Waals surface area contributed by atoms with E-state index in [0.29, 0.717) is 25.2 Å². The van der Waals surface area contributed by atoms with Crippen LogP contribution >= 0.6 is 0 Å². The van der Waals surface area contributed by atoms with Gasteiger partial charge in [-0.15, -0.1) is 0 Å². The third-order valence-corrected chi connectivity index (χ3v) is 3.71. The molecule has 3 N–H and O–H groups in total. The molecule has 7 nitrogen and oxygen atoms in total. The van der Waals surface area contributed by atoms with Crippen molar-refractivity contribution in [1.29, 1.82) is 0 Å². The number of hydrogen-bond donors (Lipinski definition) is 2. The van der Waals surface area contributed by atoms with Crippen molar-refractivity contribution >= 4 is 23.3 Å². The number of carbonyl (C=O) groups excluding carboxylic acids is 2. The molecule has 2 heterocycles. The summed E-state index contributed by atoms with van der Waals surface area (Å²) in [5, 5.41) is 2.75. The average molecular weight is 305 g/mol. The molecule has 22 heavy (non-hydrogen) atoms. The van der Waals surface area contributed by atoms with Crippen LogP contribution in [-0.4, -0.2) is 54.4 Å². The summed E-state index contributed by atoms with van der Waals surface area (Å²) in [7, 11) is 0. The molecule has 0 radical (unpaired) electrons. The van der Waals surface area contributed by atoms with Gasteiger partial charge in [-0.05, 0) is 25.1 Å². The summed E-state index contributed by atoms with van der Waals surface area (Å²) in [6.07, 6.45) is 2.83. The van der Waals surface area contributed by atoms with E-state index in [2.05, 4.69) is 15.2 Å². The molecule has 120 valence electrons. The molecular formula is C15H23N5O2. The van der Waals surface area contributed by atoms with Gasteiger partial charge in [0, 0.05) is 39.5 Å². The van der Waals surface area contributed by atoms with E-state index in [0.717, 1.165) is 31.9 Å². The number of rotatable bonds is 5. The number of nitrogens with one attached hydrogen (secondary N) is 1. The molecule has 0 aliphatic carbocycles. The van der Waals surface area contributed by atoms with Crippen LogP contribution in [0, 0.1) is 0 Å². The fourth-order valence-corrected chi connectivity index (χ4v) is 2.39. The largest absolute Gasteiger partial charge is 0.367 e. The van der Waals surface area contributed by atoms with Crippen molar-refractivity contribution in [3.05, 3.63) is 18.3 Å². The number of anilines is 2. The van der Waals surface area contributed by atoms with Crippen molar-refractivity contribution in [2.45, 2.75) is 19.8 Å². The molecule has 1 aromatic rings. The van der Waals surface area contributed by atoms with Gasteiger partial charge in [0.1, 0.15) is 5.82 Å². The summed E-state index contributed by atoms with van der Waals surface area (Å²) in [5.74, 6) is 0.599. The van der Waals surface area contributed by atoms with E-state index >= 15 is 0 Å². The predicted molar refractivity (Wildman–Crippen MR) is 85.6 cm³/mol. The second-order valence-electron chi connectivity index (χ2n) is 5.34. The first kappa shape index (κ1) is 16.2. The Morgan fingerprint density at radius 1 is 1.27 bits per heavy atom. The lowest BCUT2D eigenvalue weighted by Gasteiger charge is -2.35. The minimum Gasteiger partial charge on any atom is -0.367 e. The highest BCUT2D eigenvalue weighted by Gasteiger charge is 2.18. The maximum Gasteiger partial charge on any atom is 0.225 e. The zero-order valence-corrected chi connectivity index (χ0v) is 12.9. The van der Waals surface area contributed by atoms with Crippen LogP contribution in [0.15, 0.2) is 18.3 Å². The highest BCUT2D eigenvalue weighted by atomic mass is 16.2. The number of carbonyl (C=O) groups is 2. The first-order valence-corrected chi connectivity index (χ1v) is 7.56. The van der Waals surface area contributed by atoms with Gasteiger partial charge in [-0.25, -0.2) is 4.98 Å². The smallest absolute Gasteiger partial charge is 0.225 e. The molecule has 0 saturated carbocycles. The predicted octanol–water partition coefficient (Wildman–Crippen LogP) is 0.428. The van der Waals surface area contributed by atoms with Gasteiger partial charge in [-0.2, -0.15) is 0 Å².